The molecular formula is C52H32N2. The standard InChI is InChI=1S/C52H32N2/c1-3-15-33(16-4-1)45-31-49(47-29-35-19-7-9-21-37(35)39-23-11-13-25-41(39)47)53-51-43(45)27-28-44-46(34-17-5-2-6-18-34)32-50(54-52(44)51)48-30-36-20-8-10-22-38(36)40-24-12-14-26-42(40)48/h1-32H. The minimum atomic E-state index is 0.894. The molecule has 0 fully saturated rings. The van der Waals surface area contributed by atoms with E-state index in [4.69, 9.17) is 9.97 Å². The zero-order valence-electron chi connectivity index (χ0n) is 29.4. The summed E-state index contributed by atoms with van der Waals surface area (Å²) in [6.45, 7) is 0. The van der Waals surface area contributed by atoms with E-state index in [2.05, 4.69) is 194 Å². The fourth-order valence-electron chi connectivity index (χ4n) is 8.50. The number of fused-ring (bicyclic) bond motifs is 9. The third kappa shape index (κ3) is 4.81. The normalized spacial score (nSPS) is 11.7. The molecule has 250 valence electrons. The SMILES string of the molecule is c1ccc(-c2cc(-c3cc4ccccc4c4ccccc34)nc3c2ccc2c(-c4ccccc4)cc(-c4cc5ccccc5c5ccccc45)nc23)cc1. The van der Waals surface area contributed by atoms with Gasteiger partial charge in [0.05, 0.1) is 22.4 Å². The molecule has 9 aromatic carbocycles. The summed E-state index contributed by atoms with van der Waals surface area (Å²) in [4.78, 5) is 11.3. The third-order valence-electron chi connectivity index (χ3n) is 11.0. The van der Waals surface area contributed by atoms with Gasteiger partial charge in [-0.2, -0.15) is 0 Å². The lowest BCUT2D eigenvalue weighted by Gasteiger charge is -2.17. The summed E-state index contributed by atoms with van der Waals surface area (Å²) >= 11 is 0. The predicted molar refractivity (Wildman–Crippen MR) is 229 cm³/mol. The van der Waals surface area contributed by atoms with Gasteiger partial charge in [-0.1, -0.05) is 170 Å². The second-order valence-electron chi connectivity index (χ2n) is 14.1. The maximum absolute atomic E-state index is 5.64. The summed E-state index contributed by atoms with van der Waals surface area (Å²) in [5.74, 6) is 0. The summed E-state index contributed by atoms with van der Waals surface area (Å²) < 4.78 is 0. The van der Waals surface area contributed by atoms with Crippen LogP contribution in [0.3, 0.4) is 0 Å². The molecule has 0 aliphatic rings. The number of benzene rings is 9. The van der Waals surface area contributed by atoms with Gasteiger partial charge < -0.3 is 0 Å². The Kier molecular flexibility index (Phi) is 6.90. The quantitative estimate of drug-likeness (QED) is 0.172. The second-order valence-corrected chi connectivity index (χ2v) is 14.1. The van der Waals surface area contributed by atoms with Crippen LogP contribution in [-0.2, 0) is 0 Å². The van der Waals surface area contributed by atoms with E-state index in [-0.39, 0.29) is 0 Å². The van der Waals surface area contributed by atoms with Crippen molar-refractivity contribution in [3.05, 3.63) is 194 Å². The molecule has 2 heterocycles. The van der Waals surface area contributed by atoms with Crippen LogP contribution in [-0.4, -0.2) is 9.97 Å². The Morgan fingerprint density at radius 2 is 0.593 bits per heavy atom. The molecular weight excluding hydrogens is 653 g/mol. The number of pyridine rings is 2. The molecule has 0 unspecified atom stereocenters. The van der Waals surface area contributed by atoms with Crippen molar-refractivity contribution in [2.45, 2.75) is 0 Å². The smallest absolute Gasteiger partial charge is 0.0978 e. The van der Waals surface area contributed by atoms with Crippen LogP contribution in [0.1, 0.15) is 0 Å². The first-order valence-electron chi connectivity index (χ1n) is 18.5. The van der Waals surface area contributed by atoms with Gasteiger partial charge in [-0.25, -0.2) is 9.97 Å². The molecule has 0 saturated carbocycles. The van der Waals surface area contributed by atoms with E-state index in [1.165, 1.54) is 43.1 Å². The first-order valence-corrected chi connectivity index (χ1v) is 18.5. The average Bonchev–Trinajstić information content (AvgIpc) is 3.25. The van der Waals surface area contributed by atoms with Gasteiger partial charge in [-0.3, -0.25) is 0 Å². The largest absolute Gasteiger partial charge is 0.245 e. The second kappa shape index (κ2) is 12.2. The van der Waals surface area contributed by atoms with E-state index in [1.54, 1.807) is 0 Å². The van der Waals surface area contributed by atoms with Crippen molar-refractivity contribution in [1.82, 2.24) is 9.97 Å². The molecule has 11 rings (SSSR count). The van der Waals surface area contributed by atoms with Crippen LogP contribution in [0.25, 0.3) is 110 Å². The molecule has 2 nitrogen and oxygen atoms in total. The van der Waals surface area contributed by atoms with Crippen molar-refractivity contribution in [3.63, 3.8) is 0 Å². The Morgan fingerprint density at radius 1 is 0.241 bits per heavy atom. The van der Waals surface area contributed by atoms with Gasteiger partial charge in [0.2, 0.25) is 0 Å². The molecule has 0 aliphatic heterocycles. The lowest BCUT2D eigenvalue weighted by atomic mass is 9.91. The lowest BCUT2D eigenvalue weighted by molar-refractivity contribution is 1.37. The molecule has 2 heteroatoms. The van der Waals surface area contributed by atoms with Crippen LogP contribution < -0.4 is 0 Å². The fraction of sp³-hybridized carbons (Fsp3) is 0. The number of nitrogens with zero attached hydrogens (tertiary/aromatic N) is 2. The van der Waals surface area contributed by atoms with E-state index in [0.29, 0.717) is 0 Å². The fourth-order valence-corrected chi connectivity index (χ4v) is 8.50. The van der Waals surface area contributed by atoms with Gasteiger partial charge in [-0.15, -0.1) is 0 Å². The van der Waals surface area contributed by atoms with Crippen molar-refractivity contribution in [1.29, 1.82) is 0 Å². The minimum Gasteiger partial charge on any atom is -0.245 e. The van der Waals surface area contributed by atoms with Gasteiger partial charge in [0, 0.05) is 21.9 Å². The first-order chi connectivity index (χ1) is 26.8. The maximum Gasteiger partial charge on any atom is 0.0978 e. The lowest BCUT2D eigenvalue weighted by Crippen LogP contribution is -1.96. The molecule has 0 radical (unpaired) electrons. The van der Waals surface area contributed by atoms with Crippen LogP contribution in [0.4, 0.5) is 0 Å². The Balaban J connectivity index is 1.29. The molecule has 0 spiro atoms. The maximum atomic E-state index is 5.64. The number of hydrogen-bond acceptors (Lipinski definition) is 2. The van der Waals surface area contributed by atoms with Gasteiger partial charge in [-0.05, 0) is 89.6 Å². The highest BCUT2D eigenvalue weighted by molar-refractivity contribution is 6.18. The summed E-state index contributed by atoms with van der Waals surface area (Å²) in [6, 6.07) is 69.8. The number of hydrogen-bond donors (Lipinski definition) is 0. The van der Waals surface area contributed by atoms with Gasteiger partial charge in [0.15, 0.2) is 0 Å². The van der Waals surface area contributed by atoms with Gasteiger partial charge in [0.25, 0.3) is 0 Å². The van der Waals surface area contributed by atoms with E-state index in [9.17, 15) is 0 Å². The van der Waals surface area contributed by atoms with Crippen LogP contribution in [0.5, 0.6) is 0 Å². The average molecular weight is 685 g/mol. The van der Waals surface area contributed by atoms with Crippen molar-refractivity contribution in [2.24, 2.45) is 0 Å². The van der Waals surface area contributed by atoms with E-state index >= 15 is 0 Å². The third-order valence-corrected chi connectivity index (χ3v) is 11.0. The Labute approximate surface area is 312 Å². The molecule has 0 amide bonds. The highest BCUT2D eigenvalue weighted by atomic mass is 14.8. The van der Waals surface area contributed by atoms with E-state index in [0.717, 1.165) is 66.6 Å². The minimum absolute atomic E-state index is 0.894. The molecule has 0 saturated heterocycles. The zero-order chi connectivity index (χ0) is 35.6. The number of rotatable bonds is 4. The Hall–Kier alpha value is -7.16. The van der Waals surface area contributed by atoms with Crippen LogP contribution in [0.2, 0.25) is 0 Å². The van der Waals surface area contributed by atoms with Crippen molar-refractivity contribution in [3.8, 4) is 44.8 Å². The summed E-state index contributed by atoms with van der Waals surface area (Å²) in [5.41, 5.74) is 10.4. The highest BCUT2D eigenvalue weighted by Crippen LogP contribution is 2.43. The summed E-state index contributed by atoms with van der Waals surface area (Å²) in [7, 11) is 0. The predicted octanol–water partition coefficient (Wildman–Crippen LogP) is 14.1. The van der Waals surface area contributed by atoms with E-state index in [1.807, 2.05) is 0 Å². The van der Waals surface area contributed by atoms with E-state index < -0.39 is 0 Å². The Bertz CT molecular complexity index is 3040. The molecule has 54 heavy (non-hydrogen) atoms. The van der Waals surface area contributed by atoms with Crippen LogP contribution in [0, 0.1) is 0 Å². The highest BCUT2D eigenvalue weighted by Gasteiger charge is 2.19. The molecule has 2 aromatic heterocycles. The van der Waals surface area contributed by atoms with Crippen molar-refractivity contribution in [2.75, 3.05) is 0 Å². The molecule has 0 aliphatic carbocycles. The monoisotopic (exact) mass is 684 g/mol. The van der Waals surface area contributed by atoms with Crippen LogP contribution in [0.15, 0.2) is 194 Å². The molecule has 11 aromatic rings. The Morgan fingerprint density at radius 3 is 1.02 bits per heavy atom. The first kappa shape index (κ1) is 30.5. The summed E-state index contributed by atoms with van der Waals surface area (Å²) in [5, 5.41) is 11.9. The molecule has 0 N–H and O–H groups in total. The van der Waals surface area contributed by atoms with Crippen molar-refractivity contribution >= 4 is 64.9 Å². The topological polar surface area (TPSA) is 25.8 Å². The van der Waals surface area contributed by atoms with Crippen molar-refractivity contribution < 1.29 is 0 Å². The molecule has 0 bridgehead atoms. The van der Waals surface area contributed by atoms with Gasteiger partial charge in [0.1, 0.15) is 0 Å². The van der Waals surface area contributed by atoms with Gasteiger partial charge >= 0.3 is 0 Å². The zero-order valence-corrected chi connectivity index (χ0v) is 29.4. The summed E-state index contributed by atoms with van der Waals surface area (Å²) in [6.07, 6.45) is 0. The molecule has 0 atom stereocenters. The number of aromatic nitrogens is 2. The van der Waals surface area contributed by atoms with Crippen LogP contribution >= 0.6 is 0 Å².